The first-order valence-corrected chi connectivity index (χ1v) is 17.4. The molecule has 0 fully saturated rings. The van der Waals surface area contributed by atoms with Crippen molar-refractivity contribution in [2.75, 3.05) is 65.2 Å². The SMILES string of the molecule is CCOCCOc1ccc([S+](c2ccc(OCCOCC)cc2)c2ccc(OCCOCC)cc2)cc1.O=S(=O)([O-])CC(F)(F)F. The number of ether oxygens (including phenoxy) is 6. The molecule has 0 aliphatic heterocycles. The lowest BCUT2D eigenvalue weighted by Gasteiger charge is -2.12. The maximum atomic E-state index is 11.0. The third-order valence-corrected chi connectivity index (χ3v) is 8.53. The largest absolute Gasteiger partial charge is 0.748 e. The van der Waals surface area contributed by atoms with E-state index in [1.165, 1.54) is 14.7 Å². The Morgan fingerprint density at radius 3 is 1.04 bits per heavy atom. The summed E-state index contributed by atoms with van der Waals surface area (Å²) in [7, 11) is -5.46. The van der Waals surface area contributed by atoms with Crippen LogP contribution in [0.4, 0.5) is 13.2 Å². The van der Waals surface area contributed by atoms with Gasteiger partial charge in [-0.2, -0.15) is 13.2 Å². The van der Waals surface area contributed by atoms with Crippen LogP contribution in [0.25, 0.3) is 0 Å². The molecule has 0 N–H and O–H groups in total. The predicted molar refractivity (Wildman–Crippen MR) is 168 cm³/mol. The summed E-state index contributed by atoms with van der Waals surface area (Å²) in [6, 6.07) is 25.0. The van der Waals surface area contributed by atoms with E-state index < -0.39 is 22.0 Å². The zero-order chi connectivity index (χ0) is 33.8. The smallest absolute Gasteiger partial charge is 0.401 e. The fraction of sp³-hybridized carbons (Fsp3) is 0.438. The van der Waals surface area contributed by atoms with Crippen LogP contribution < -0.4 is 14.2 Å². The molecule has 0 saturated carbocycles. The summed E-state index contributed by atoms with van der Waals surface area (Å²) >= 11 is 0. The van der Waals surface area contributed by atoms with Crippen molar-refractivity contribution in [3.05, 3.63) is 72.8 Å². The first kappa shape index (κ1) is 39.2. The van der Waals surface area contributed by atoms with Crippen molar-refractivity contribution in [2.45, 2.75) is 41.6 Å². The van der Waals surface area contributed by atoms with E-state index in [0.717, 1.165) is 17.2 Å². The molecule has 3 rings (SSSR count). The Morgan fingerprint density at radius 2 is 0.848 bits per heavy atom. The zero-order valence-electron chi connectivity index (χ0n) is 26.1. The van der Waals surface area contributed by atoms with Crippen LogP contribution in [0, 0.1) is 0 Å². The van der Waals surface area contributed by atoms with Crippen LogP contribution in [0.1, 0.15) is 20.8 Å². The van der Waals surface area contributed by atoms with Crippen molar-refractivity contribution in [3.63, 3.8) is 0 Å². The predicted octanol–water partition coefficient (Wildman–Crippen LogP) is 6.12. The maximum absolute atomic E-state index is 11.0. The average molecular weight is 691 g/mol. The summed E-state index contributed by atoms with van der Waals surface area (Å²) in [5.41, 5.74) is 0. The summed E-state index contributed by atoms with van der Waals surface area (Å²) in [5.74, 6) is 0.217. The van der Waals surface area contributed by atoms with Gasteiger partial charge in [0.1, 0.15) is 52.9 Å². The lowest BCUT2D eigenvalue weighted by molar-refractivity contribution is -0.107. The van der Waals surface area contributed by atoms with Gasteiger partial charge < -0.3 is 33.0 Å². The van der Waals surface area contributed by atoms with E-state index in [-0.39, 0.29) is 10.9 Å². The van der Waals surface area contributed by atoms with Gasteiger partial charge in [-0.25, -0.2) is 8.42 Å². The minimum Gasteiger partial charge on any atom is -0.748 e. The fourth-order valence-electron chi connectivity index (χ4n) is 3.71. The molecule has 256 valence electrons. The molecule has 0 spiro atoms. The molecule has 3 aromatic rings. The van der Waals surface area contributed by atoms with E-state index in [1.54, 1.807) is 0 Å². The van der Waals surface area contributed by atoms with Gasteiger partial charge in [0.15, 0.2) is 14.7 Å². The second-order valence-corrected chi connectivity index (χ2v) is 12.6. The monoisotopic (exact) mass is 690 g/mol. The van der Waals surface area contributed by atoms with E-state index in [9.17, 15) is 26.1 Å². The van der Waals surface area contributed by atoms with Crippen LogP contribution in [0.2, 0.25) is 0 Å². The Kier molecular flexibility index (Phi) is 17.9. The Balaban J connectivity index is 0.000000713. The molecule has 0 saturated heterocycles. The highest BCUT2D eigenvalue weighted by Gasteiger charge is 2.30. The first-order valence-electron chi connectivity index (χ1n) is 14.6. The molecule has 0 amide bonds. The van der Waals surface area contributed by atoms with Crippen LogP contribution >= 0.6 is 0 Å². The molecule has 0 aromatic heterocycles. The van der Waals surface area contributed by atoms with E-state index in [1.807, 2.05) is 57.2 Å². The van der Waals surface area contributed by atoms with Crippen LogP contribution in [0.15, 0.2) is 87.5 Å². The van der Waals surface area contributed by atoms with Gasteiger partial charge in [-0.3, -0.25) is 0 Å². The number of hydrogen-bond donors (Lipinski definition) is 0. The normalized spacial score (nSPS) is 11.6. The topological polar surface area (TPSA) is 113 Å². The van der Waals surface area contributed by atoms with Gasteiger partial charge in [0.05, 0.1) is 30.7 Å². The Hall–Kier alpha value is -3.01. The van der Waals surface area contributed by atoms with E-state index in [4.69, 9.17) is 28.4 Å². The maximum Gasteiger partial charge on any atom is 0.401 e. The van der Waals surface area contributed by atoms with E-state index in [0.29, 0.717) is 59.5 Å². The summed E-state index contributed by atoms with van der Waals surface area (Å²) < 4.78 is 94.6. The first-order chi connectivity index (χ1) is 22.0. The summed E-state index contributed by atoms with van der Waals surface area (Å²) in [6.07, 6.45) is -4.92. The molecule has 0 bridgehead atoms. The number of alkyl halides is 3. The molecular formula is C32H41F3O9S2. The van der Waals surface area contributed by atoms with Gasteiger partial charge in [0.2, 0.25) is 0 Å². The third kappa shape index (κ3) is 16.5. The highest BCUT2D eigenvalue weighted by molar-refractivity contribution is 7.97. The minimum absolute atomic E-state index is 0.306. The van der Waals surface area contributed by atoms with Gasteiger partial charge in [-0.05, 0) is 93.6 Å². The molecule has 0 aliphatic rings. The Morgan fingerprint density at radius 1 is 0.565 bits per heavy atom. The summed E-state index contributed by atoms with van der Waals surface area (Å²) in [5, 5.41) is 0. The van der Waals surface area contributed by atoms with E-state index >= 15 is 0 Å². The standard InChI is InChI=1S/C30H39O6S.C2H3F3O3S/c1-4-31-19-22-34-25-7-13-28(14-8-25)37(29-15-9-26(10-16-29)35-23-20-32-5-2)30-17-11-27(12-18-30)36-24-21-33-6-3;3-2(4,5)1-9(6,7)8/h7-18H,4-6,19-24H2,1-3H3;1H2,(H,6,7,8)/q+1;/p-1. The Labute approximate surface area is 272 Å². The molecule has 9 nitrogen and oxygen atoms in total. The lowest BCUT2D eigenvalue weighted by Crippen LogP contribution is -2.21. The fourth-order valence-corrected chi connectivity index (χ4v) is 6.16. The summed E-state index contributed by atoms with van der Waals surface area (Å²) in [4.78, 5) is 3.60. The van der Waals surface area contributed by atoms with Crippen LogP contribution in [0.5, 0.6) is 17.2 Å². The van der Waals surface area contributed by atoms with Gasteiger partial charge >= 0.3 is 6.18 Å². The second-order valence-electron chi connectivity index (χ2n) is 9.17. The average Bonchev–Trinajstić information content (AvgIpc) is 3.00. The van der Waals surface area contributed by atoms with Gasteiger partial charge in [-0.1, -0.05) is 0 Å². The number of benzene rings is 3. The lowest BCUT2D eigenvalue weighted by atomic mass is 10.3. The molecule has 46 heavy (non-hydrogen) atoms. The van der Waals surface area contributed by atoms with Crippen molar-refractivity contribution in [1.29, 1.82) is 0 Å². The number of rotatable bonds is 19. The molecule has 0 heterocycles. The van der Waals surface area contributed by atoms with Crippen molar-refractivity contribution < 1.29 is 54.6 Å². The van der Waals surface area contributed by atoms with Gasteiger partial charge in [0.25, 0.3) is 0 Å². The van der Waals surface area contributed by atoms with Crippen LogP contribution in [-0.2, 0) is 35.2 Å². The molecule has 0 atom stereocenters. The number of halogens is 3. The van der Waals surface area contributed by atoms with Gasteiger partial charge in [-0.15, -0.1) is 0 Å². The van der Waals surface area contributed by atoms with Crippen molar-refractivity contribution in [3.8, 4) is 17.2 Å². The highest BCUT2D eigenvalue weighted by atomic mass is 32.2. The van der Waals surface area contributed by atoms with Crippen molar-refractivity contribution >= 4 is 21.0 Å². The molecular weight excluding hydrogens is 649 g/mol. The molecule has 14 heteroatoms. The Bertz CT molecular complexity index is 1210. The van der Waals surface area contributed by atoms with Gasteiger partial charge in [0, 0.05) is 19.8 Å². The third-order valence-electron chi connectivity index (χ3n) is 5.62. The van der Waals surface area contributed by atoms with Crippen molar-refractivity contribution in [1.82, 2.24) is 0 Å². The zero-order valence-corrected chi connectivity index (χ0v) is 27.8. The second kappa shape index (κ2) is 21.0. The minimum atomic E-state index is -5.16. The van der Waals surface area contributed by atoms with Crippen molar-refractivity contribution in [2.24, 2.45) is 0 Å². The number of hydrogen-bond acceptors (Lipinski definition) is 9. The molecule has 0 radical (unpaired) electrons. The molecule has 0 aliphatic carbocycles. The molecule has 0 unspecified atom stereocenters. The van der Waals surface area contributed by atoms with Crippen LogP contribution in [-0.4, -0.2) is 84.4 Å². The highest BCUT2D eigenvalue weighted by Crippen LogP contribution is 2.34. The molecule has 3 aromatic carbocycles. The van der Waals surface area contributed by atoms with E-state index in [2.05, 4.69) is 36.4 Å². The van der Waals surface area contributed by atoms with Crippen LogP contribution in [0.3, 0.4) is 0 Å². The summed E-state index contributed by atoms with van der Waals surface area (Å²) in [6.45, 7) is 11.4. The quantitative estimate of drug-likeness (QED) is 0.0834.